The number of thioether (sulfide) groups is 1. The molecule has 3 aromatic rings. The topological polar surface area (TPSA) is 65.1 Å². The summed E-state index contributed by atoms with van der Waals surface area (Å²) in [6.07, 6.45) is 1.70. The van der Waals surface area contributed by atoms with Crippen molar-refractivity contribution in [2.45, 2.75) is 0 Å². The van der Waals surface area contributed by atoms with Crippen molar-refractivity contribution in [3.05, 3.63) is 86.7 Å². The van der Waals surface area contributed by atoms with Crippen molar-refractivity contribution < 1.29 is 23.8 Å². The van der Waals surface area contributed by atoms with Gasteiger partial charge in [-0.2, -0.15) is 0 Å². The summed E-state index contributed by atoms with van der Waals surface area (Å²) < 4.78 is 16.5. The van der Waals surface area contributed by atoms with E-state index in [1.165, 1.54) is 35.9 Å². The monoisotopic (exact) mass is 545 g/mol. The lowest BCUT2D eigenvalue weighted by atomic mass is 10.1. The first-order chi connectivity index (χ1) is 16.8. The molecule has 6 nitrogen and oxygen atoms in total. The Bertz CT molecular complexity index is 1360. The minimum atomic E-state index is -0.655. The first-order valence-electron chi connectivity index (χ1n) is 10.1. The van der Waals surface area contributed by atoms with Crippen LogP contribution in [-0.2, 0) is 4.79 Å². The number of methoxy groups -OCH3 is 2. The number of ether oxygens (including phenoxy) is 3. The van der Waals surface area contributed by atoms with Crippen LogP contribution < -0.4 is 19.1 Å². The fraction of sp³-hybridized carbons (Fsp3) is 0.0800. The molecule has 0 aromatic heterocycles. The molecule has 178 valence electrons. The fourth-order valence-electron chi connectivity index (χ4n) is 3.24. The van der Waals surface area contributed by atoms with E-state index in [9.17, 15) is 9.59 Å². The minimum absolute atomic E-state index is 0.171. The lowest BCUT2D eigenvalue weighted by Crippen LogP contribution is -2.27. The largest absolute Gasteiger partial charge is 0.497 e. The van der Waals surface area contributed by atoms with Gasteiger partial charge in [0.05, 0.1) is 35.4 Å². The number of carbonyl (C=O) groups excluding carboxylic acids is 2. The molecule has 10 heteroatoms. The van der Waals surface area contributed by atoms with Crippen molar-refractivity contribution in [1.29, 1.82) is 0 Å². The average Bonchev–Trinajstić information content (AvgIpc) is 3.12. The standard InChI is InChI=1S/C25H17Cl2NO5S2/c1-31-17-7-5-16(6-8-17)28-23(29)22(35-25(28)34)12-14-3-10-20(21(11-14)32-2)33-24(30)18-9-4-15(26)13-19(18)27/h3-13H,1-2H3/b22-12+. The molecule has 0 bridgehead atoms. The number of halogens is 2. The fourth-order valence-corrected chi connectivity index (χ4v) is 5.03. The zero-order valence-corrected chi connectivity index (χ0v) is 21.6. The Morgan fingerprint density at radius 2 is 1.71 bits per heavy atom. The molecule has 1 amide bonds. The molecule has 1 fully saturated rings. The van der Waals surface area contributed by atoms with Gasteiger partial charge in [0.2, 0.25) is 0 Å². The number of amides is 1. The predicted octanol–water partition coefficient (Wildman–Crippen LogP) is 6.64. The van der Waals surface area contributed by atoms with E-state index in [0.29, 0.717) is 37.0 Å². The van der Waals surface area contributed by atoms with Crippen molar-refractivity contribution in [2.24, 2.45) is 0 Å². The van der Waals surface area contributed by atoms with Crippen LogP contribution in [0.15, 0.2) is 65.6 Å². The summed E-state index contributed by atoms with van der Waals surface area (Å²) in [5.74, 6) is 0.297. The maximum atomic E-state index is 13.1. The van der Waals surface area contributed by atoms with Gasteiger partial charge in [-0.05, 0) is 66.2 Å². The second-order valence-electron chi connectivity index (χ2n) is 7.14. The van der Waals surface area contributed by atoms with Crippen LogP contribution in [0.5, 0.6) is 17.2 Å². The summed E-state index contributed by atoms with van der Waals surface area (Å²) in [5, 5.41) is 0.586. The Morgan fingerprint density at radius 3 is 2.37 bits per heavy atom. The summed E-state index contributed by atoms with van der Waals surface area (Å²) in [5.41, 5.74) is 1.49. The zero-order valence-electron chi connectivity index (χ0n) is 18.4. The van der Waals surface area contributed by atoms with Gasteiger partial charge in [-0.1, -0.05) is 53.2 Å². The van der Waals surface area contributed by atoms with Crippen LogP contribution in [0.2, 0.25) is 10.0 Å². The highest BCUT2D eigenvalue weighted by molar-refractivity contribution is 8.27. The van der Waals surface area contributed by atoms with Crippen LogP contribution in [-0.4, -0.2) is 30.4 Å². The third kappa shape index (κ3) is 5.46. The molecule has 0 radical (unpaired) electrons. The van der Waals surface area contributed by atoms with Crippen LogP contribution in [0.25, 0.3) is 6.08 Å². The van der Waals surface area contributed by atoms with Crippen LogP contribution in [0, 0.1) is 0 Å². The lowest BCUT2D eigenvalue weighted by molar-refractivity contribution is -0.113. The van der Waals surface area contributed by atoms with E-state index in [4.69, 9.17) is 49.6 Å². The summed E-state index contributed by atoms with van der Waals surface area (Å²) in [6, 6.07) is 16.5. The molecule has 0 aliphatic carbocycles. The number of benzene rings is 3. The molecule has 0 unspecified atom stereocenters. The molecule has 0 spiro atoms. The SMILES string of the molecule is COc1ccc(N2C(=O)/C(=C\c3ccc(OC(=O)c4ccc(Cl)cc4Cl)c(OC)c3)SC2=S)cc1. The molecule has 4 rings (SSSR count). The predicted molar refractivity (Wildman–Crippen MR) is 143 cm³/mol. The Hall–Kier alpha value is -3.04. The number of esters is 1. The molecule has 35 heavy (non-hydrogen) atoms. The van der Waals surface area contributed by atoms with E-state index < -0.39 is 5.97 Å². The summed E-state index contributed by atoms with van der Waals surface area (Å²) in [4.78, 5) is 27.5. The van der Waals surface area contributed by atoms with E-state index in [-0.39, 0.29) is 22.2 Å². The van der Waals surface area contributed by atoms with Crippen LogP contribution in [0.4, 0.5) is 5.69 Å². The van der Waals surface area contributed by atoms with E-state index in [1.807, 2.05) is 0 Å². The molecule has 3 aromatic carbocycles. The Kier molecular flexibility index (Phi) is 7.66. The number of anilines is 1. The minimum Gasteiger partial charge on any atom is -0.497 e. The molecule has 0 atom stereocenters. The van der Waals surface area contributed by atoms with Gasteiger partial charge in [-0.25, -0.2) is 4.79 Å². The highest BCUT2D eigenvalue weighted by atomic mass is 35.5. The van der Waals surface area contributed by atoms with Gasteiger partial charge in [0.1, 0.15) is 5.75 Å². The molecular weight excluding hydrogens is 529 g/mol. The lowest BCUT2D eigenvalue weighted by Gasteiger charge is -2.14. The average molecular weight is 546 g/mol. The normalized spacial score (nSPS) is 14.4. The van der Waals surface area contributed by atoms with Crippen LogP contribution in [0.3, 0.4) is 0 Å². The molecular formula is C25H17Cl2NO5S2. The maximum Gasteiger partial charge on any atom is 0.345 e. The van der Waals surface area contributed by atoms with Gasteiger partial charge in [-0.3, -0.25) is 9.69 Å². The van der Waals surface area contributed by atoms with Gasteiger partial charge in [0.25, 0.3) is 5.91 Å². The third-order valence-corrected chi connectivity index (χ3v) is 6.81. The summed E-state index contributed by atoms with van der Waals surface area (Å²) in [6.45, 7) is 0. The van der Waals surface area contributed by atoms with E-state index in [1.54, 1.807) is 61.7 Å². The van der Waals surface area contributed by atoms with Crippen LogP contribution in [0.1, 0.15) is 15.9 Å². The molecule has 0 saturated carbocycles. The van der Waals surface area contributed by atoms with E-state index >= 15 is 0 Å². The zero-order chi connectivity index (χ0) is 25.1. The number of hydrogen-bond acceptors (Lipinski definition) is 7. The van der Waals surface area contributed by atoms with Gasteiger partial charge in [0.15, 0.2) is 15.8 Å². The van der Waals surface area contributed by atoms with Gasteiger partial charge in [0, 0.05) is 5.02 Å². The Morgan fingerprint density at radius 1 is 0.971 bits per heavy atom. The number of carbonyl (C=O) groups is 2. The number of rotatable bonds is 6. The summed E-state index contributed by atoms with van der Waals surface area (Å²) in [7, 11) is 3.03. The first-order valence-corrected chi connectivity index (χ1v) is 12.1. The van der Waals surface area contributed by atoms with Crippen molar-refractivity contribution >= 4 is 75.1 Å². The highest BCUT2D eigenvalue weighted by Crippen LogP contribution is 2.38. The smallest absolute Gasteiger partial charge is 0.345 e. The highest BCUT2D eigenvalue weighted by Gasteiger charge is 2.33. The van der Waals surface area contributed by atoms with Crippen LogP contribution >= 0.6 is 47.2 Å². The molecule has 1 saturated heterocycles. The molecule has 1 aliphatic rings. The van der Waals surface area contributed by atoms with Crippen molar-refractivity contribution in [1.82, 2.24) is 0 Å². The maximum absolute atomic E-state index is 13.1. The van der Waals surface area contributed by atoms with Gasteiger partial charge < -0.3 is 14.2 Å². The molecule has 1 heterocycles. The number of nitrogens with zero attached hydrogens (tertiary/aromatic N) is 1. The number of hydrogen-bond donors (Lipinski definition) is 0. The van der Waals surface area contributed by atoms with E-state index in [0.717, 1.165) is 0 Å². The second-order valence-corrected chi connectivity index (χ2v) is 9.66. The molecule has 0 N–H and O–H groups in total. The second kappa shape index (κ2) is 10.7. The van der Waals surface area contributed by atoms with Crippen molar-refractivity contribution in [3.8, 4) is 17.2 Å². The Balaban J connectivity index is 1.55. The van der Waals surface area contributed by atoms with Gasteiger partial charge >= 0.3 is 5.97 Å². The Labute approximate surface area is 221 Å². The van der Waals surface area contributed by atoms with E-state index in [2.05, 4.69) is 0 Å². The quantitative estimate of drug-likeness (QED) is 0.149. The number of thiocarbonyl (C=S) groups is 1. The third-order valence-electron chi connectivity index (χ3n) is 4.96. The molecule has 1 aliphatic heterocycles. The van der Waals surface area contributed by atoms with Gasteiger partial charge in [-0.15, -0.1) is 0 Å². The van der Waals surface area contributed by atoms with Crippen molar-refractivity contribution in [3.63, 3.8) is 0 Å². The summed E-state index contributed by atoms with van der Waals surface area (Å²) >= 11 is 18.6. The first kappa shape index (κ1) is 25.1. The van der Waals surface area contributed by atoms with Crippen molar-refractivity contribution in [2.75, 3.05) is 19.1 Å².